The third-order valence-corrected chi connectivity index (χ3v) is 3.37. The van der Waals surface area contributed by atoms with E-state index in [1.807, 2.05) is 37.3 Å². The number of anilines is 1. The molecule has 2 amide bonds. The van der Waals surface area contributed by atoms with E-state index in [1.54, 1.807) is 0 Å². The molecule has 0 heterocycles. The third kappa shape index (κ3) is 4.80. The van der Waals surface area contributed by atoms with Gasteiger partial charge in [-0.25, -0.2) is 9.18 Å². The molecule has 0 saturated heterocycles. The highest BCUT2D eigenvalue weighted by Crippen LogP contribution is 2.16. The summed E-state index contributed by atoms with van der Waals surface area (Å²) < 4.78 is 18.5. The van der Waals surface area contributed by atoms with Crippen LogP contribution < -0.4 is 10.6 Å². The van der Waals surface area contributed by atoms with Crippen molar-refractivity contribution in [3.8, 4) is 6.07 Å². The van der Waals surface area contributed by atoms with Crippen LogP contribution in [0.25, 0.3) is 0 Å². The second-order valence-electron chi connectivity index (χ2n) is 5.02. The van der Waals surface area contributed by atoms with E-state index in [1.165, 1.54) is 12.1 Å². The van der Waals surface area contributed by atoms with Crippen LogP contribution in [-0.2, 0) is 17.9 Å². The minimum atomic E-state index is -0.526. The zero-order chi connectivity index (χ0) is 17.4. The van der Waals surface area contributed by atoms with E-state index in [4.69, 9.17) is 10.00 Å². The predicted octanol–water partition coefficient (Wildman–Crippen LogP) is 3.56. The van der Waals surface area contributed by atoms with E-state index >= 15 is 0 Å². The molecule has 0 aliphatic rings. The Kier molecular flexibility index (Phi) is 6.29. The Morgan fingerprint density at radius 3 is 2.71 bits per heavy atom. The monoisotopic (exact) mass is 327 g/mol. The van der Waals surface area contributed by atoms with Gasteiger partial charge in [-0.2, -0.15) is 5.26 Å². The number of benzene rings is 2. The van der Waals surface area contributed by atoms with Crippen LogP contribution in [0.1, 0.15) is 23.6 Å². The molecule has 0 unspecified atom stereocenters. The Bertz CT molecular complexity index is 756. The number of nitrogens with zero attached hydrogens (tertiary/aromatic N) is 1. The fourth-order valence-electron chi connectivity index (χ4n) is 2.14. The number of urea groups is 1. The fraction of sp³-hybridized carbons (Fsp3) is 0.222. The fourth-order valence-corrected chi connectivity index (χ4v) is 2.14. The minimum Gasteiger partial charge on any atom is -0.377 e. The molecule has 2 aromatic carbocycles. The number of rotatable bonds is 6. The molecule has 0 spiro atoms. The van der Waals surface area contributed by atoms with Gasteiger partial charge in [-0.1, -0.05) is 24.3 Å². The number of hydrogen-bond donors (Lipinski definition) is 2. The average Bonchev–Trinajstić information content (AvgIpc) is 2.60. The van der Waals surface area contributed by atoms with Gasteiger partial charge in [0.15, 0.2) is 0 Å². The molecule has 0 aliphatic carbocycles. The molecular formula is C18H18FN3O2. The molecule has 0 aromatic heterocycles. The van der Waals surface area contributed by atoms with Crippen molar-refractivity contribution >= 4 is 11.7 Å². The number of amides is 2. The third-order valence-electron chi connectivity index (χ3n) is 3.37. The van der Waals surface area contributed by atoms with Gasteiger partial charge in [0.1, 0.15) is 11.9 Å². The van der Waals surface area contributed by atoms with Crippen LogP contribution in [0.2, 0.25) is 0 Å². The largest absolute Gasteiger partial charge is 0.377 e. The lowest BCUT2D eigenvalue weighted by molar-refractivity contribution is 0.133. The topological polar surface area (TPSA) is 74.2 Å². The number of hydrogen-bond acceptors (Lipinski definition) is 3. The van der Waals surface area contributed by atoms with Crippen molar-refractivity contribution < 1.29 is 13.9 Å². The van der Waals surface area contributed by atoms with Crippen LogP contribution >= 0.6 is 0 Å². The van der Waals surface area contributed by atoms with Crippen molar-refractivity contribution in [2.75, 3.05) is 11.9 Å². The molecule has 0 atom stereocenters. The van der Waals surface area contributed by atoms with Gasteiger partial charge in [-0.15, -0.1) is 0 Å². The van der Waals surface area contributed by atoms with E-state index in [-0.39, 0.29) is 11.3 Å². The van der Waals surface area contributed by atoms with Crippen LogP contribution in [-0.4, -0.2) is 12.6 Å². The van der Waals surface area contributed by atoms with Gasteiger partial charge in [0, 0.05) is 13.2 Å². The lowest BCUT2D eigenvalue weighted by Gasteiger charge is -2.12. The molecule has 124 valence electrons. The summed E-state index contributed by atoms with van der Waals surface area (Å²) in [5.41, 5.74) is 2.28. The number of halogens is 1. The van der Waals surface area contributed by atoms with Crippen LogP contribution in [0.4, 0.5) is 14.9 Å². The Morgan fingerprint density at radius 1 is 1.25 bits per heavy atom. The number of nitriles is 1. The lowest BCUT2D eigenvalue weighted by atomic mass is 10.1. The van der Waals surface area contributed by atoms with Crippen LogP contribution in [0.5, 0.6) is 0 Å². The normalized spacial score (nSPS) is 10.0. The van der Waals surface area contributed by atoms with E-state index < -0.39 is 11.8 Å². The van der Waals surface area contributed by atoms with E-state index in [0.29, 0.717) is 19.8 Å². The Balaban J connectivity index is 1.98. The molecule has 2 aromatic rings. The predicted molar refractivity (Wildman–Crippen MR) is 88.7 cm³/mol. The molecular weight excluding hydrogens is 309 g/mol. The van der Waals surface area contributed by atoms with Crippen LogP contribution in [0, 0.1) is 17.1 Å². The maximum Gasteiger partial charge on any atom is 0.319 e. The highest BCUT2D eigenvalue weighted by Gasteiger charge is 2.09. The number of nitrogens with one attached hydrogen (secondary N) is 2. The number of carbonyl (C=O) groups excluding carboxylic acids is 1. The zero-order valence-electron chi connectivity index (χ0n) is 13.3. The molecule has 5 nitrogen and oxygen atoms in total. The van der Waals surface area contributed by atoms with Crippen molar-refractivity contribution in [2.24, 2.45) is 0 Å². The molecule has 24 heavy (non-hydrogen) atoms. The van der Waals surface area contributed by atoms with Gasteiger partial charge in [-0.3, -0.25) is 0 Å². The van der Waals surface area contributed by atoms with Gasteiger partial charge in [-0.05, 0) is 36.2 Å². The number of carbonyl (C=O) groups is 1. The molecule has 2 N–H and O–H groups in total. The standard InChI is InChI=1S/C18H18FN3O2/c1-2-24-12-14-6-4-3-5-13(14)11-21-18(23)22-17-8-7-16(19)9-15(17)10-20/h3-9H,2,11-12H2,1H3,(H2,21,22,23). The van der Waals surface area contributed by atoms with Crippen LogP contribution in [0.15, 0.2) is 42.5 Å². The minimum absolute atomic E-state index is 0.0712. The summed E-state index contributed by atoms with van der Waals surface area (Å²) in [5.74, 6) is -0.526. The van der Waals surface area contributed by atoms with Gasteiger partial charge >= 0.3 is 6.03 Å². The molecule has 0 radical (unpaired) electrons. The summed E-state index contributed by atoms with van der Waals surface area (Å²) >= 11 is 0. The maximum atomic E-state index is 13.1. The highest BCUT2D eigenvalue weighted by atomic mass is 19.1. The summed E-state index contributed by atoms with van der Waals surface area (Å²) in [4.78, 5) is 12.0. The molecule has 2 rings (SSSR count). The SMILES string of the molecule is CCOCc1ccccc1CNC(=O)Nc1ccc(F)cc1C#N. The summed E-state index contributed by atoms with van der Waals surface area (Å²) in [5, 5.41) is 14.3. The molecule has 0 bridgehead atoms. The van der Waals surface area contributed by atoms with Crippen molar-refractivity contribution in [1.29, 1.82) is 5.26 Å². The first-order chi connectivity index (χ1) is 11.6. The van der Waals surface area contributed by atoms with Gasteiger partial charge < -0.3 is 15.4 Å². The first-order valence-electron chi connectivity index (χ1n) is 7.53. The van der Waals surface area contributed by atoms with Crippen molar-refractivity contribution in [3.05, 3.63) is 65.0 Å². The second kappa shape index (κ2) is 8.65. The summed E-state index contributed by atoms with van der Waals surface area (Å²) in [6.07, 6.45) is 0. The van der Waals surface area contributed by atoms with Crippen LogP contribution in [0.3, 0.4) is 0 Å². The molecule has 0 fully saturated rings. The van der Waals surface area contributed by atoms with E-state index in [2.05, 4.69) is 10.6 Å². The highest BCUT2D eigenvalue weighted by molar-refractivity contribution is 5.90. The van der Waals surface area contributed by atoms with Crippen molar-refractivity contribution in [3.63, 3.8) is 0 Å². The van der Waals surface area contributed by atoms with Gasteiger partial charge in [0.2, 0.25) is 0 Å². The van der Waals surface area contributed by atoms with E-state index in [9.17, 15) is 9.18 Å². The average molecular weight is 327 g/mol. The second-order valence-corrected chi connectivity index (χ2v) is 5.02. The Hall–Kier alpha value is -2.91. The summed E-state index contributed by atoms with van der Waals surface area (Å²) in [7, 11) is 0. The Morgan fingerprint density at radius 2 is 2.00 bits per heavy atom. The zero-order valence-corrected chi connectivity index (χ0v) is 13.3. The lowest BCUT2D eigenvalue weighted by Crippen LogP contribution is -2.29. The maximum absolute atomic E-state index is 13.1. The van der Waals surface area contributed by atoms with Gasteiger partial charge in [0.05, 0.1) is 17.9 Å². The molecule has 0 aliphatic heterocycles. The van der Waals surface area contributed by atoms with E-state index in [0.717, 1.165) is 17.2 Å². The quantitative estimate of drug-likeness (QED) is 0.852. The smallest absolute Gasteiger partial charge is 0.319 e. The first kappa shape index (κ1) is 17.4. The number of ether oxygens (including phenoxy) is 1. The Labute approximate surface area is 140 Å². The molecule has 0 saturated carbocycles. The summed E-state index contributed by atoms with van der Waals surface area (Å²) in [6.45, 7) is 3.33. The molecule has 6 heteroatoms. The summed E-state index contributed by atoms with van der Waals surface area (Å²) in [6, 6.07) is 12.7. The van der Waals surface area contributed by atoms with Gasteiger partial charge in [0.25, 0.3) is 0 Å². The van der Waals surface area contributed by atoms with Crippen molar-refractivity contribution in [2.45, 2.75) is 20.1 Å². The van der Waals surface area contributed by atoms with Crippen molar-refractivity contribution in [1.82, 2.24) is 5.32 Å². The first-order valence-corrected chi connectivity index (χ1v) is 7.53.